The molecular weight excluding hydrogens is 414 g/mol. The van der Waals surface area contributed by atoms with Gasteiger partial charge < -0.3 is 15.0 Å². The summed E-state index contributed by atoms with van der Waals surface area (Å²) in [4.78, 5) is 14.7. The van der Waals surface area contributed by atoms with Crippen molar-refractivity contribution in [1.29, 1.82) is 0 Å². The van der Waals surface area contributed by atoms with Gasteiger partial charge in [0.05, 0.1) is 11.7 Å². The minimum atomic E-state index is 0.0318. The van der Waals surface area contributed by atoms with E-state index in [4.69, 9.17) is 16.3 Å². The molecule has 2 fully saturated rings. The Morgan fingerprint density at radius 2 is 2.16 bits per heavy atom. The molecule has 0 unspecified atom stereocenters. The standard InChI is InChI=1S/C23H28ClN5O2/c24-16-4-5-20(31-13-18-19-3-1-2-10-29(19)27-26-18)22-15(16)6-9-25-17(22)12-28-14-23(7-8-23)11-21(28)30/h4-5,17,25H,1-3,6-14H2/t17-/m1/s1. The minimum absolute atomic E-state index is 0.0318. The topological polar surface area (TPSA) is 72.3 Å². The van der Waals surface area contributed by atoms with Crippen molar-refractivity contribution in [3.63, 3.8) is 0 Å². The van der Waals surface area contributed by atoms with E-state index in [0.717, 1.165) is 66.5 Å². The van der Waals surface area contributed by atoms with Gasteiger partial charge in [0.1, 0.15) is 18.1 Å². The highest BCUT2D eigenvalue weighted by Crippen LogP contribution is 2.53. The molecular formula is C23H28ClN5O2. The Balaban J connectivity index is 1.25. The molecule has 164 valence electrons. The summed E-state index contributed by atoms with van der Waals surface area (Å²) in [6.07, 6.45) is 7.29. The summed E-state index contributed by atoms with van der Waals surface area (Å²) in [6.45, 7) is 3.76. The fraction of sp³-hybridized carbons (Fsp3) is 0.609. The van der Waals surface area contributed by atoms with E-state index in [2.05, 4.69) is 15.6 Å². The van der Waals surface area contributed by atoms with Gasteiger partial charge in [0.25, 0.3) is 0 Å². The van der Waals surface area contributed by atoms with Crippen molar-refractivity contribution in [1.82, 2.24) is 25.2 Å². The Hall–Kier alpha value is -2.12. The van der Waals surface area contributed by atoms with E-state index >= 15 is 0 Å². The van der Waals surface area contributed by atoms with Crippen molar-refractivity contribution < 1.29 is 9.53 Å². The molecule has 1 aromatic heterocycles. The molecule has 1 atom stereocenters. The molecule has 0 bridgehead atoms. The van der Waals surface area contributed by atoms with E-state index in [1.165, 1.54) is 25.0 Å². The van der Waals surface area contributed by atoms with E-state index < -0.39 is 0 Å². The lowest BCUT2D eigenvalue weighted by Gasteiger charge is -2.32. The summed E-state index contributed by atoms with van der Waals surface area (Å²) in [5.74, 6) is 1.12. The molecule has 3 aliphatic heterocycles. The van der Waals surface area contributed by atoms with Gasteiger partial charge >= 0.3 is 0 Å². The molecule has 4 aliphatic rings. The van der Waals surface area contributed by atoms with Crippen LogP contribution in [0.15, 0.2) is 12.1 Å². The second kappa shape index (κ2) is 7.48. The molecule has 2 aromatic rings. The highest BCUT2D eigenvalue weighted by Gasteiger charge is 2.52. The molecule has 1 saturated carbocycles. The van der Waals surface area contributed by atoms with Crippen LogP contribution in [-0.2, 0) is 30.8 Å². The van der Waals surface area contributed by atoms with Crippen LogP contribution >= 0.6 is 11.6 Å². The molecule has 4 heterocycles. The second-order valence-corrected chi connectivity index (χ2v) is 10.0. The number of nitrogens with zero attached hydrogens (tertiary/aromatic N) is 4. The summed E-state index contributed by atoms with van der Waals surface area (Å²) < 4.78 is 8.34. The normalized spacial score (nSPS) is 23.7. The summed E-state index contributed by atoms with van der Waals surface area (Å²) >= 11 is 6.59. The number of aryl methyl sites for hydroxylation is 1. The predicted octanol–water partition coefficient (Wildman–Crippen LogP) is 3.05. The number of ether oxygens (including phenoxy) is 1. The lowest BCUT2D eigenvalue weighted by molar-refractivity contribution is -0.128. The van der Waals surface area contributed by atoms with Crippen molar-refractivity contribution >= 4 is 17.5 Å². The maximum Gasteiger partial charge on any atom is 0.223 e. The first-order chi connectivity index (χ1) is 15.1. The van der Waals surface area contributed by atoms with Crippen molar-refractivity contribution in [3.05, 3.63) is 39.7 Å². The summed E-state index contributed by atoms with van der Waals surface area (Å²) in [6, 6.07) is 3.93. The number of fused-ring (bicyclic) bond motifs is 2. The molecule has 1 aliphatic carbocycles. The molecule has 31 heavy (non-hydrogen) atoms. The van der Waals surface area contributed by atoms with E-state index in [1.54, 1.807) is 0 Å². The van der Waals surface area contributed by atoms with E-state index in [-0.39, 0.29) is 17.4 Å². The van der Waals surface area contributed by atoms with Crippen LogP contribution in [0.3, 0.4) is 0 Å². The van der Waals surface area contributed by atoms with Crippen molar-refractivity contribution in [2.45, 2.75) is 64.1 Å². The number of rotatable bonds is 5. The first kappa shape index (κ1) is 19.6. The molecule has 1 aromatic carbocycles. The number of nitrogens with one attached hydrogen (secondary N) is 1. The number of benzene rings is 1. The predicted molar refractivity (Wildman–Crippen MR) is 116 cm³/mol. The molecule has 1 spiro atoms. The van der Waals surface area contributed by atoms with Gasteiger partial charge in [-0.2, -0.15) is 0 Å². The smallest absolute Gasteiger partial charge is 0.223 e. The van der Waals surface area contributed by atoms with E-state index in [0.29, 0.717) is 19.6 Å². The number of carbonyl (C=O) groups is 1. The van der Waals surface area contributed by atoms with Crippen LogP contribution in [0, 0.1) is 5.41 Å². The number of hydrogen-bond acceptors (Lipinski definition) is 5. The third-order valence-electron chi connectivity index (χ3n) is 7.46. The van der Waals surface area contributed by atoms with E-state index in [1.807, 2.05) is 21.7 Å². The number of hydrogen-bond donors (Lipinski definition) is 1. The number of amides is 1. The molecule has 1 N–H and O–H groups in total. The first-order valence-corrected chi connectivity index (χ1v) is 11.9. The number of halogens is 1. The Kier molecular flexibility index (Phi) is 4.72. The van der Waals surface area contributed by atoms with Crippen LogP contribution in [0.1, 0.15) is 60.7 Å². The highest BCUT2D eigenvalue weighted by atomic mass is 35.5. The van der Waals surface area contributed by atoms with Gasteiger partial charge in [0.2, 0.25) is 5.91 Å². The highest BCUT2D eigenvalue weighted by molar-refractivity contribution is 6.31. The van der Waals surface area contributed by atoms with Gasteiger partial charge in [-0.05, 0) is 68.2 Å². The van der Waals surface area contributed by atoms with Crippen LogP contribution in [0.4, 0.5) is 0 Å². The van der Waals surface area contributed by atoms with Crippen molar-refractivity contribution in [2.75, 3.05) is 19.6 Å². The zero-order valence-electron chi connectivity index (χ0n) is 17.7. The molecule has 1 saturated heterocycles. The maximum absolute atomic E-state index is 12.6. The third kappa shape index (κ3) is 3.52. The van der Waals surface area contributed by atoms with Crippen LogP contribution < -0.4 is 10.1 Å². The number of aromatic nitrogens is 3. The SMILES string of the molecule is O=C1CC2(CC2)CN1C[C@H]1NCCc2c(Cl)ccc(OCc3nnn4c3CCCC4)c21. The van der Waals surface area contributed by atoms with Crippen LogP contribution in [0.25, 0.3) is 0 Å². The third-order valence-corrected chi connectivity index (χ3v) is 7.81. The largest absolute Gasteiger partial charge is 0.487 e. The second-order valence-electron chi connectivity index (χ2n) is 9.60. The zero-order valence-corrected chi connectivity index (χ0v) is 18.5. The molecule has 8 heteroatoms. The summed E-state index contributed by atoms with van der Waals surface area (Å²) in [5, 5.41) is 13.1. The van der Waals surface area contributed by atoms with Gasteiger partial charge in [-0.25, -0.2) is 4.68 Å². The molecule has 6 rings (SSSR count). The Labute approximate surface area is 187 Å². The lowest BCUT2D eigenvalue weighted by Crippen LogP contribution is -2.40. The molecule has 1 amide bonds. The summed E-state index contributed by atoms with van der Waals surface area (Å²) in [5.41, 5.74) is 4.63. The Bertz CT molecular complexity index is 1030. The van der Waals surface area contributed by atoms with E-state index in [9.17, 15) is 4.79 Å². The lowest BCUT2D eigenvalue weighted by atomic mass is 9.92. The average Bonchev–Trinajstić information content (AvgIpc) is 3.28. The van der Waals surface area contributed by atoms with Gasteiger partial charge in [-0.1, -0.05) is 16.8 Å². The quantitative estimate of drug-likeness (QED) is 0.772. The number of carbonyl (C=O) groups excluding carboxylic acids is 1. The Morgan fingerprint density at radius 1 is 1.26 bits per heavy atom. The summed E-state index contributed by atoms with van der Waals surface area (Å²) in [7, 11) is 0. The first-order valence-electron chi connectivity index (χ1n) is 11.5. The maximum atomic E-state index is 12.6. The van der Waals surface area contributed by atoms with Crippen molar-refractivity contribution in [3.8, 4) is 5.75 Å². The minimum Gasteiger partial charge on any atom is -0.487 e. The number of likely N-dealkylation sites (tertiary alicyclic amines) is 1. The van der Waals surface area contributed by atoms with Gasteiger partial charge in [0, 0.05) is 36.6 Å². The van der Waals surface area contributed by atoms with Crippen LogP contribution in [-0.4, -0.2) is 45.4 Å². The van der Waals surface area contributed by atoms with Crippen LogP contribution in [0.2, 0.25) is 5.02 Å². The van der Waals surface area contributed by atoms with Gasteiger partial charge in [0.15, 0.2) is 0 Å². The molecule has 0 radical (unpaired) electrons. The fourth-order valence-electron chi connectivity index (χ4n) is 5.52. The Morgan fingerprint density at radius 3 is 3.00 bits per heavy atom. The monoisotopic (exact) mass is 441 g/mol. The molecule has 7 nitrogen and oxygen atoms in total. The van der Waals surface area contributed by atoms with Crippen molar-refractivity contribution in [2.24, 2.45) is 5.41 Å². The van der Waals surface area contributed by atoms with Gasteiger partial charge in [-0.15, -0.1) is 5.10 Å². The van der Waals surface area contributed by atoms with Gasteiger partial charge in [-0.3, -0.25) is 4.79 Å². The average molecular weight is 442 g/mol. The zero-order chi connectivity index (χ0) is 21.0. The fourth-order valence-corrected chi connectivity index (χ4v) is 5.78. The van der Waals surface area contributed by atoms with Crippen LogP contribution in [0.5, 0.6) is 5.75 Å².